The number of hydrogen-bond acceptors (Lipinski definition) is 4. The first kappa shape index (κ1) is 25.3. The smallest absolute Gasteiger partial charge is 0.407 e. The second-order valence-electron chi connectivity index (χ2n) is 9.01. The van der Waals surface area contributed by atoms with Gasteiger partial charge < -0.3 is 20.5 Å². The van der Waals surface area contributed by atoms with Crippen LogP contribution in [0, 0.1) is 11.8 Å². The molecule has 0 saturated carbocycles. The summed E-state index contributed by atoms with van der Waals surface area (Å²) in [5.74, 6) is -1.80. The van der Waals surface area contributed by atoms with Crippen LogP contribution >= 0.6 is 0 Å². The molecule has 0 fully saturated rings. The molecule has 0 aromatic heterocycles. The van der Waals surface area contributed by atoms with Crippen molar-refractivity contribution in [2.75, 3.05) is 13.2 Å². The minimum atomic E-state index is -1.02. The first-order valence-corrected chi connectivity index (χ1v) is 12.0. The third-order valence-corrected chi connectivity index (χ3v) is 6.65. The van der Waals surface area contributed by atoms with E-state index in [-0.39, 0.29) is 30.3 Å². The van der Waals surface area contributed by atoms with E-state index >= 15 is 0 Å². The zero-order valence-corrected chi connectivity index (χ0v) is 20.0. The van der Waals surface area contributed by atoms with Crippen molar-refractivity contribution in [3.05, 3.63) is 59.7 Å². The quantitative estimate of drug-likeness (QED) is 0.421. The molecule has 1 aliphatic rings. The van der Waals surface area contributed by atoms with Crippen LogP contribution in [0.5, 0.6) is 0 Å². The van der Waals surface area contributed by atoms with Gasteiger partial charge in [0.05, 0.1) is 0 Å². The summed E-state index contributed by atoms with van der Waals surface area (Å²) in [6.45, 7) is 6.10. The molecule has 0 heterocycles. The van der Waals surface area contributed by atoms with Gasteiger partial charge in [-0.15, -0.1) is 0 Å². The zero-order valence-electron chi connectivity index (χ0n) is 20.0. The van der Waals surface area contributed by atoms with E-state index in [1.54, 1.807) is 6.92 Å². The van der Waals surface area contributed by atoms with E-state index in [2.05, 4.69) is 34.9 Å². The fraction of sp³-hybridized carbons (Fsp3) is 0.444. The Morgan fingerprint density at radius 1 is 1.00 bits per heavy atom. The van der Waals surface area contributed by atoms with Gasteiger partial charge in [0, 0.05) is 18.4 Å². The highest BCUT2D eigenvalue weighted by Crippen LogP contribution is 2.44. The normalized spacial score (nSPS) is 14.9. The monoisotopic (exact) mass is 466 g/mol. The third-order valence-electron chi connectivity index (χ3n) is 6.65. The summed E-state index contributed by atoms with van der Waals surface area (Å²) in [6, 6.07) is 15.5. The Labute approximate surface area is 200 Å². The highest BCUT2D eigenvalue weighted by molar-refractivity contribution is 5.85. The average molecular weight is 467 g/mol. The Hall–Kier alpha value is -3.35. The van der Waals surface area contributed by atoms with Gasteiger partial charge in [-0.25, -0.2) is 9.59 Å². The molecule has 2 aromatic carbocycles. The number of amides is 2. The Balaban J connectivity index is 1.42. The van der Waals surface area contributed by atoms with Gasteiger partial charge in [-0.3, -0.25) is 4.79 Å². The van der Waals surface area contributed by atoms with Crippen molar-refractivity contribution in [1.29, 1.82) is 0 Å². The van der Waals surface area contributed by atoms with E-state index in [0.717, 1.165) is 11.1 Å². The van der Waals surface area contributed by atoms with Crippen molar-refractivity contribution in [2.24, 2.45) is 11.8 Å². The summed E-state index contributed by atoms with van der Waals surface area (Å²) in [7, 11) is 0. The number of rotatable bonds is 11. The van der Waals surface area contributed by atoms with Gasteiger partial charge in [0.15, 0.2) is 0 Å². The maximum Gasteiger partial charge on any atom is 0.407 e. The lowest BCUT2D eigenvalue weighted by molar-refractivity contribution is -0.144. The van der Waals surface area contributed by atoms with E-state index in [1.165, 1.54) is 11.1 Å². The molecule has 0 bridgehead atoms. The molecule has 34 heavy (non-hydrogen) atoms. The SMILES string of the molecule is CC[C@H](C)[C@H](NC(=O)C(C)CCCNC(=O)OCC1c2ccccc2-c2ccccc21)C(=O)O. The van der Waals surface area contributed by atoms with Crippen molar-refractivity contribution in [1.82, 2.24) is 10.6 Å². The summed E-state index contributed by atoms with van der Waals surface area (Å²) >= 11 is 0. The maximum absolute atomic E-state index is 12.4. The number of aliphatic carboxylic acids is 1. The van der Waals surface area contributed by atoms with Gasteiger partial charge in [-0.1, -0.05) is 75.7 Å². The van der Waals surface area contributed by atoms with Crippen LogP contribution in [0.3, 0.4) is 0 Å². The van der Waals surface area contributed by atoms with E-state index in [4.69, 9.17) is 4.74 Å². The van der Waals surface area contributed by atoms with E-state index in [1.807, 2.05) is 38.1 Å². The Morgan fingerprint density at radius 2 is 1.59 bits per heavy atom. The van der Waals surface area contributed by atoms with Crippen molar-refractivity contribution >= 4 is 18.0 Å². The molecule has 3 atom stereocenters. The van der Waals surface area contributed by atoms with Crippen LogP contribution in [0.2, 0.25) is 0 Å². The largest absolute Gasteiger partial charge is 0.480 e. The average Bonchev–Trinajstić information content (AvgIpc) is 3.16. The standard InChI is InChI=1S/C27H34N2O5/c1-4-17(2)24(26(31)32)29-25(30)18(3)10-9-15-28-27(33)34-16-23-21-13-7-5-11-19(21)20-12-6-8-14-22(20)23/h5-8,11-14,17-18,23-24H,4,9-10,15-16H2,1-3H3,(H,28,33)(H,29,30)(H,31,32)/t17-,18?,24-/m0/s1. The highest BCUT2D eigenvalue weighted by Gasteiger charge is 2.29. The van der Waals surface area contributed by atoms with Crippen molar-refractivity contribution in [2.45, 2.75) is 52.0 Å². The van der Waals surface area contributed by atoms with Crippen LogP contribution in [0.1, 0.15) is 57.1 Å². The number of fused-ring (bicyclic) bond motifs is 3. The highest BCUT2D eigenvalue weighted by atomic mass is 16.5. The molecule has 7 nitrogen and oxygen atoms in total. The van der Waals surface area contributed by atoms with Crippen LogP contribution in [0.4, 0.5) is 4.79 Å². The van der Waals surface area contributed by atoms with Gasteiger partial charge >= 0.3 is 12.1 Å². The number of carbonyl (C=O) groups is 3. The Bertz CT molecular complexity index is 976. The lowest BCUT2D eigenvalue weighted by Gasteiger charge is -2.22. The third kappa shape index (κ3) is 5.95. The molecule has 182 valence electrons. The fourth-order valence-corrected chi connectivity index (χ4v) is 4.36. The predicted molar refractivity (Wildman–Crippen MR) is 130 cm³/mol. The number of carbonyl (C=O) groups excluding carboxylic acids is 2. The second kappa shape index (κ2) is 11.7. The van der Waals surface area contributed by atoms with E-state index in [9.17, 15) is 19.5 Å². The first-order valence-electron chi connectivity index (χ1n) is 12.0. The van der Waals surface area contributed by atoms with Crippen molar-refractivity contribution in [3.63, 3.8) is 0 Å². The minimum Gasteiger partial charge on any atom is -0.480 e. The van der Waals surface area contributed by atoms with Crippen molar-refractivity contribution < 1.29 is 24.2 Å². The number of ether oxygens (including phenoxy) is 1. The molecule has 7 heteroatoms. The maximum atomic E-state index is 12.4. The second-order valence-corrected chi connectivity index (χ2v) is 9.01. The topological polar surface area (TPSA) is 105 Å². The molecule has 3 rings (SSSR count). The molecule has 2 aromatic rings. The first-order chi connectivity index (χ1) is 16.3. The zero-order chi connectivity index (χ0) is 24.7. The molecule has 0 radical (unpaired) electrons. The predicted octanol–water partition coefficient (Wildman–Crippen LogP) is 4.56. The van der Waals surface area contributed by atoms with E-state index in [0.29, 0.717) is 25.8 Å². The summed E-state index contributed by atoms with van der Waals surface area (Å²) in [6.07, 6.45) is 1.29. The van der Waals surface area contributed by atoms with Crippen LogP contribution in [-0.2, 0) is 14.3 Å². The van der Waals surface area contributed by atoms with Crippen LogP contribution in [0.15, 0.2) is 48.5 Å². The van der Waals surface area contributed by atoms with Gasteiger partial charge in [0.1, 0.15) is 12.6 Å². The van der Waals surface area contributed by atoms with Crippen LogP contribution < -0.4 is 10.6 Å². The molecule has 1 aliphatic carbocycles. The van der Waals surface area contributed by atoms with Gasteiger partial charge in [-0.05, 0) is 41.0 Å². The number of benzene rings is 2. The summed E-state index contributed by atoms with van der Waals surface area (Å²) in [5.41, 5.74) is 4.68. The van der Waals surface area contributed by atoms with E-state index < -0.39 is 18.1 Å². The molecule has 0 saturated heterocycles. The van der Waals surface area contributed by atoms with Crippen LogP contribution in [0.25, 0.3) is 11.1 Å². The van der Waals surface area contributed by atoms with Gasteiger partial charge in [0.2, 0.25) is 5.91 Å². The molecule has 3 N–H and O–H groups in total. The molecular weight excluding hydrogens is 432 g/mol. The van der Waals surface area contributed by atoms with Crippen LogP contribution in [-0.4, -0.2) is 42.3 Å². The Morgan fingerprint density at radius 3 is 2.15 bits per heavy atom. The lowest BCUT2D eigenvalue weighted by atomic mass is 9.97. The number of nitrogens with one attached hydrogen (secondary N) is 2. The molecule has 0 aliphatic heterocycles. The molecule has 0 spiro atoms. The summed E-state index contributed by atoms with van der Waals surface area (Å²) in [4.78, 5) is 36.0. The van der Waals surface area contributed by atoms with Gasteiger partial charge in [-0.2, -0.15) is 0 Å². The number of alkyl carbamates (subject to hydrolysis) is 1. The molecular formula is C27H34N2O5. The number of carboxylic acids is 1. The summed E-state index contributed by atoms with van der Waals surface area (Å²) < 4.78 is 5.52. The minimum absolute atomic E-state index is 0.00885. The fourth-order valence-electron chi connectivity index (χ4n) is 4.36. The molecule has 2 amide bonds. The van der Waals surface area contributed by atoms with Gasteiger partial charge in [0.25, 0.3) is 0 Å². The van der Waals surface area contributed by atoms with Crippen molar-refractivity contribution in [3.8, 4) is 11.1 Å². The Kier molecular flexibility index (Phi) is 8.68. The molecule has 1 unspecified atom stereocenters. The lowest BCUT2D eigenvalue weighted by Crippen LogP contribution is -2.46. The number of hydrogen-bond donors (Lipinski definition) is 3. The summed E-state index contributed by atoms with van der Waals surface area (Å²) in [5, 5.41) is 14.7. The number of carboxylic acid groups (broad SMARTS) is 1.